The normalized spacial score (nSPS) is 12.9. The number of aromatic amines is 1. The van der Waals surface area contributed by atoms with Crippen molar-refractivity contribution in [2.24, 2.45) is 0 Å². The minimum absolute atomic E-state index is 0.340. The number of nitrogens with zero attached hydrogens (tertiary/aromatic N) is 3. The van der Waals surface area contributed by atoms with E-state index in [1.54, 1.807) is 37.4 Å². The molecule has 2 aromatic heterocycles. The Morgan fingerprint density at radius 3 is 2.61 bits per heavy atom. The largest absolute Gasteiger partial charge is 0.496 e. The van der Waals surface area contributed by atoms with Crippen molar-refractivity contribution in [3.05, 3.63) is 60.5 Å². The number of pyridine rings is 1. The molecule has 1 saturated heterocycles. The van der Waals surface area contributed by atoms with Crippen LogP contribution in [0.5, 0.6) is 5.75 Å². The third-order valence-corrected chi connectivity index (χ3v) is 5.56. The zero-order valence-electron chi connectivity index (χ0n) is 18.6. The highest BCUT2D eigenvalue weighted by Crippen LogP contribution is 2.31. The number of aromatic nitrogens is 3. The van der Waals surface area contributed by atoms with Gasteiger partial charge in [-0.1, -0.05) is 18.2 Å². The van der Waals surface area contributed by atoms with E-state index in [-0.39, 0.29) is 5.82 Å². The van der Waals surface area contributed by atoms with Crippen LogP contribution < -0.4 is 10.1 Å². The van der Waals surface area contributed by atoms with Crippen LogP contribution >= 0.6 is 0 Å². The van der Waals surface area contributed by atoms with E-state index >= 15 is 0 Å². The molecule has 7 nitrogen and oxygen atoms in total. The van der Waals surface area contributed by atoms with Gasteiger partial charge in [0, 0.05) is 43.1 Å². The molecule has 1 aliphatic heterocycles. The number of hydrogen-bond acceptors (Lipinski definition) is 5. The molecule has 1 aliphatic rings. The number of fused-ring (bicyclic) bond motifs is 1. The molecule has 5 rings (SSSR count). The van der Waals surface area contributed by atoms with Crippen LogP contribution in [0.15, 0.2) is 54.7 Å². The Hall–Kier alpha value is -3.94. The molecule has 2 aromatic carbocycles. The number of ether oxygens (including phenoxy) is 1. The third-order valence-electron chi connectivity index (χ3n) is 5.56. The molecule has 170 valence electrons. The maximum Gasteiger partial charge on any atom is 0.209 e. The number of carbonyl (C=O) groups is 1. The number of nitrogens with one attached hydrogen (secondary N) is 2. The highest BCUT2D eigenvalue weighted by atomic mass is 19.1. The molecule has 2 N–H and O–H groups in total. The molecule has 0 atom stereocenters. The second kappa shape index (κ2) is 10.1. The fraction of sp³-hybridized carbons (Fsp3) is 0.240. The molecule has 0 spiro atoms. The Balaban J connectivity index is 0.000000318. The molecule has 0 radical (unpaired) electrons. The van der Waals surface area contributed by atoms with Crippen molar-refractivity contribution >= 4 is 23.3 Å². The maximum atomic E-state index is 14.2. The molecule has 0 unspecified atom stereocenters. The number of methoxy groups -OCH3 is 1. The van der Waals surface area contributed by atoms with Gasteiger partial charge < -0.3 is 19.9 Å². The summed E-state index contributed by atoms with van der Waals surface area (Å²) in [4.78, 5) is 23.8. The number of amides is 1. The highest BCUT2D eigenvalue weighted by Gasteiger charge is 2.13. The molecular weight excluding hydrogens is 421 g/mol. The number of carbonyl (C=O) groups excluding carboxylic acids is 1. The smallest absolute Gasteiger partial charge is 0.209 e. The summed E-state index contributed by atoms with van der Waals surface area (Å²) in [6.45, 7) is 1.95. The van der Waals surface area contributed by atoms with Gasteiger partial charge in [0.1, 0.15) is 17.4 Å². The van der Waals surface area contributed by atoms with E-state index in [1.807, 2.05) is 30.3 Å². The van der Waals surface area contributed by atoms with Crippen molar-refractivity contribution in [3.63, 3.8) is 0 Å². The molecule has 0 bridgehead atoms. The Morgan fingerprint density at radius 2 is 1.91 bits per heavy atom. The number of para-hydroxylation sites is 1. The van der Waals surface area contributed by atoms with Crippen LogP contribution in [0.3, 0.4) is 0 Å². The maximum absolute atomic E-state index is 14.2. The molecule has 8 heteroatoms. The minimum Gasteiger partial charge on any atom is -0.496 e. The summed E-state index contributed by atoms with van der Waals surface area (Å²) in [6.07, 6.45) is 5.05. The van der Waals surface area contributed by atoms with Gasteiger partial charge in [-0.2, -0.15) is 0 Å². The molecule has 1 amide bonds. The van der Waals surface area contributed by atoms with Crippen LogP contribution in [0.1, 0.15) is 12.8 Å². The fourth-order valence-corrected chi connectivity index (χ4v) is 3.77. The van der Waals surface area contributed by atoms with Crippen LogP contribution in [0.25, 0.3) is 33.7 Å². The fourth-order valence-electron chi connectivity index (χ4n) is 3.77. The minimum atomic E-state index is -0.340. The summed E-state index contributed by atoms with van der Waals surface area (Å²) in [5.74, 6) is 0.869. The average molecular weight is 448 g/mol. The van der Waals surface area contributed by atoms with Gasteiger partial charge in [0.15, 0.2) is 5.65 Å². The lowest BCUT2D eigenvalue weighted by molar-refractivity contribution is -0.117. The lowest BCUT2D eigenvalue weighted by atomic mass is 10.1. The van der Waals surface area contributed by atoms with Crippen LogP contribution in [0, 0.1) is 5.82 Å². The van der Waals surface area contributed by atoms with Crippen LogP contribution in [-0.4, -0.2) is 53.5 Å². The molecule has 0 saturated carbocycles. The van der Waals surface area contributed by atoms with Crippen molar-refractivity contribution in [2.75, 3.05) is 32.6 Å². The highest BCUT2D eigenvalue weighted by molar-refractivity contribution is 5.83. The lowest BCUT2D eigenvalue weighted by Crippen LogP contribution is -2.15. The van der Waals surface area contributed by atoms with Gasteiger partial charge in [-0.25, -0.2) is 14.4 Å². The predicted molar refractivity (Wildman–Crippen MR) is 128 cm³/mol. The number of H-pyrrole nitrogens is 1. The van der Waals surface area contributed by atoms with Gasteiger partial charge in [-0.05, 0) is 43.2 Å². The van der Waals surface area contributed by atoms with Crippen LogP contribution in [0.2, 0.25) is 0 Å². The second-order valence-corrected chi connectivity index (χ2v) is 7.67. The van der Waals surface area contributed by atoms with E-state index < -0.39 is 0 Å². The first-order valence-electron chi connectivity index (χ1n) is 10.8. The summed E-state index contributed by atoms with van der Waals surface area (Å²) >= 11 is 0. The van der Waals surface area contributed by atoms with E-state index in [2.05, 4.69) is 20.3 Å². The summed E-state index contributed by atoms with van der Waals surface area (Å²) in [5, 5.41) is 3.00. The molecular formula is C25H26FN5O2. The number of hydrogen-bond donors (Lipinski definition) is 2. The number of imidazole rings is 1. The molecule has 3 heterocycles. The number of anilines is 1. The lowest BCUT2D eigenvalue weighted by Gasteiger charge is -2.07. The van der Waals surface area contributed by atoms with E-state index in [0.717, 1.165) is 47.6 Å². The second-order valence-electron chi connectivity index (χ2n) is 7.67. The van der Waals surface area contributed by atoms with E-state index in [4.69, 9.17) is 4.74 Å². The van der Waals surface area contributed by atoms with Crippen molar-refractivity contribution in [2.45, 2.75) is 12.8 Å². The molecule has 1 fully saturated rings. The average Bonchev–Trinajstić information content (AvgIpc) is 3.54. The van der Waals surface area contributed by atoms with Gasteiger partial charge in [-0.3, -0.25) is 4.79 Å². The Bertz CT molecular complexity index is 1250. The van der Waals surface area contributed by atoms with Crippen molar-refractivity contribution < 1.29 is 13.9 Å². The van der Waals surface area contributed by atoms with Crippen LogP contribution in [0.4, 0.5) is 10.1 Å². The van der Waals surface area contributed by atoms with Crippen molar-refractivity contribution in [1.82, 2.24) is 19.9 Å². The summed E-state index contributed by atoms with van der Waals surface area (Å²) in [5.41, 5.74) is 4.31. The standard InChI is InChI=1S/C20H17FN4O.C5H9NO/c1-22-13-7-8-16(21)15(10-13)19-24-17-9-12(11-23-20(17)25-19)14-5-3-4-6-18(14)26-2;7-5-6-3-1-2-4-6/h3-11,22H,1-2H3,(H,23,24,25);5H,1-4H2. The first-order chi connectivity index (χ1) is 16.1. The summed E-state index contributed by atoms with van der Waals surface area (Å²) in [6, 6.07) is 14.5. The topological polar surface area (TPSA) is 83.1 Å². The molecule has 4 aromatic rings. The zero-order chi connectivity index (χ0) is 23.2. The van der Waals surface area contributed by atoms with Gasteiger partial charge >= 0.3 is 0 Å². The van der Waals surface area contributed by atoms with E-state index in [1.165, 1.54) is 18.9 Å². The van der Waals surface area contributed by atoms with Crippen molar-refractivity contribution in [3.8, 4) is 28.3 Å². The number of benzene rings is 2. The monoisotopic (exact) mass is 447 g/mol. The Morgan fingerprint density at radius 1 is 1.12 bits per heavy atom. The van der Waals surface area contributed by atoms with E-state index in [9.17, 15) is 9.18 Å². The number of likely N-dealkylation sites (tertiary alicyclic amines) is 1. The Kier molecular flexibility index (Phi) is 6.83. The van der Waals surface area contributed by atoms with Gasteiger partial charge in [0.2, 0.25) is 6.41 Å². The molecule has 33 heavy (non-hydrogen) atoms. The first kappa shape index (κ1) is 22.3. The van der Waals surface area contributed by atoms with Gasteiger partial charge in [-0.15, -0.1) is 0 Å². The first-order valence-corrected chi connectivity index (χ1v) is 10.8. The quantitative estimate of drug-likeness (QED) is 0.433. The van der Waals surface area contributed by atoms with Crippen molar-refractivity contribution in [1.29, 1.82) is 0 Å². The summed E-state index contributed by atoms with van der Waals surface area (Å²) in [7, 11) is 3.42. The number of rotatable bonds is 5. The van der Waals surface area contributed by atoms with Crippen LogP contribution in [-0.2, 0) is 4.79 Å². The third kappa shape index (κ3) is 4.95. The molecule has 0 aliphatic carbocycles. The zero-order valence-corrected chi connectivity index (χ0v) is 18.6. The van der Waals surface area contributed by atoms with E-state index in [0.29, 0.717) is 17.0 Å². The van der Waals surface area contributed by atoms with Gasteiger partial charge in [0.25, 0.3) is 0 Å². The number of halogens is 1. The summed E-state index contributed by atoms with van der Waals surface area (Å²) < 4.78 is 19.7. The SMILES string of the molecule is CNc1ccc(F)c(-c2nc3ncc(-c4ccccc4OC)cc3[nH]2)c1.O=CN1CCCC1. The van der Waals surface area contributed by atoms with Gasteiger partial charge in [0.05, 0.1) is 18.2 Å². The predicted octanol–water partition coefficient (Wildman–Crippen LogP) is 4.72. The Labute approximate surface area is 191 Å².